The van der Waals surface area contributed by atoms with Crippen molar-refractivity contribution in [3.05, 3.63) is 94.9 Å². The summed E-state index contributed by atoms with van der Waals surface area (Å²) in [6, 6.07) is 17.8. The Balaban J connectivity index is 1.44. The van der Waals surface area contributed by atoms with E-state index < -0.39 is 0 Å². The van der Waals surface area contributed by atoms with Crippen molar-refractivity contribution in [3.8, 4) is 5.75 Å². The standard InChI is InChI=1S/C24H24ClN3O2/c25-23-7-2-1-5-19(23)17-30-21-6-3-4-18(12-21)15-28(10-11-29)16-20-13-27-24-14-26-9-8-22(20)24/h1-9,12-14,27,29H,10-11,15-17H2. The van der Waals surface area contributed by atoms with Crippen LogP contribution in [-0.4, -0.2) is 33.1 Å². The van der Waals surface area contributed by atoms with Crippen molar-refractivity contribution in [1.29, 1.82) is 0 Å². The number of rotatable bonds is 9. The van der Waals surface area contributed by atoms with Crippen LogP contribution in [0.3, 0.4) is 0 Å². The third-order valence-electron chi connectivity index (χ3n) is 5.04. The molecule has 0 bridgehead atoms. The number of nitrogens with zero attached hydrogens (tertiary/aromatic N) is 2. The fourth-order valence-electron chi connectivity index (χ4n) is 3.53. The highest BCUT2D eigenvalue weighted by Crippen LogP contribution is 2.22. The van der Waals surface area contributed by atoms with Gasteiger partial charge in [0, 0.05) is 48.0 Å². The first-order valence-corrected chi connectivity index (χ1v) is 10.3. The summed E-state index contributed by atoms with van der Waals surface area (Å²) in [6.45, 7) is 2.55. The molecule has 0 atom stereocenters. The Morgan fingerprint density at radius 1 is 1.03 bits per heavy atom. The van der Waals surface area contributed by atoms with E-state index in [2.05, 4.69) is 20.9 Å². The van der Waals surface area contributed by atoms with Gasteiger partial charge in [0.05, 0.1) is 18.3 Å². The second-order valence-electron chi connectivity index (χ2n) is 7.20. The summed E-state index contributed by atoms with van der Waals surface area (Å²) < 4.78 is 5.95. The van der Waals surface area contributed by atoms with Gasteiger partial charge in [-0.15, -0.1) is 0 Å². The predicted molar refractivity (Wildman–Crippen MR) is 120 cm³/mol. The topological polar surface area (TPSA) is 61.4 Å². The largest absolute Gasteiger partial charge is 0.489 e. The van der Waals surface area contributed by atoms with Crippen molar-refractivity contribution in [2.45, 2.75) is 19.7 Å². The Morgan fingerprint density at radius 3 is 2.80 bits per heavy atom. The van der Waals surface area contributed by atoms with E-state index in [0.717, 1.165) is 34.3 Å². The van der Waals surface area contributed by atoms with Crippen LogP contribution in [0.1, 0.15) is 16.7 Å². The highest BCUT2D eigenvalue weighted by atomic mass is 35.5. The zero-order chi connectivity index (χ0) is 20.8. The molecule has 0 aliphatic heterocycles. The summed E-state index contributed by atoms with van der Waals surface area (Å²) in [5.74, 6) is 0.800. The maximum Gasteiger partial charge on any atom is 0.120 e. The van der Waals surface area contributed by atoms with Crippen LogP contribution in [0.4, 0.5) is 0 Å². The maximum absolute atomic E-state index is 9.55. The van der Waals surface area contributed by atoms with E-state index in [0.29, 0.717) is 24.7 Å². The summed E-state index contributed by atoms with van der Waals surface area (Å²) in [4.78, 5) is 9.64. The zero-order valence-corrected chi connectivity index (χ0v) is 17.3. The van der Waals surface area contributed by atoms with Gasteiger partial charge in [0.15, 0.2) is 0 Å². The van der Waals surface area contributed by atoms with Crippen LogP contribution in [0.25, 0.3) is 10.9 Å². The van der Waals surface area contributed by atoms with Gasteiger partial charge in [-0.05, 0) is 35.4 Å². The normalized spacial score (nSPS) is 11.3. The smallest absolute Gasteiger partial charge is 0.120 e. The SMILES string of the molecule is OCCN(Cc1cccc(OCc2ccccc2Cl)c1)Cc1c[nH]c2cnccc12. The van der Waals surface area contributed by atoms with Crippen LogP contribution in [0.5, 0.6) is 5.75 Å². The molecule has 2 heterocycles. The number of aliphatic hydroxyl groups is 1. The number of hydrogen-bond acceptors (Lipinski definition) is 4. The van der Waals surface area contributed by atoms with Gasteiger partial charge in [-0.1, -0.05) is 41.9 Å². The first kappa shape index (κ1) is 20.4. The molecule has 154 valence electrons. The summed E-state index contributed by atoms with van der Waals surface area (Å²) in [5, 5.41) is 11.4. The van der Waals surface area contributed by atoms with Gasteiger partial charge in [0.1, 0.15) is 12.4 Å². The van der Waals surface area contributed by atoms with E-state index in [1.165, 1.54) is 5.56 Å². The number of aromatic nitrogens is 2. The molecule has 0 amide bonds. The molecule has 4 aromatic rings. The summed E-state index contributed by atoms with van der Waals surface area (Å²) >= 11 is 6.22. The highest BCUT2D eigenvalue weighted by molar-refractivity contribution is 6.31. The predicted octanol–water partition coefficient (Wildman–Crippen LogP) is 4.79. The molecule has 4 rings (SSSR count). The molecule has 0 saturated heterocycles. The Labute approximate surface area is 180 Å². The molecular weight excluding hydrogens is 398 g/mol. The number of benzene rings is 2. The number of aromatic amines is 1. The average Bonchev–Trinajstić information content (AvgIpc) is 3.17. The first-order chi connectivity index (χ1) is 14.7. The fourth-order valence-corrected chi connectivity index (χ4v) is 3.72. The minimum absolute atomic E-state index is 0.104. The maximum atomic E-state index is 9.55. The van der Waals surface area contributed by atoms with Gasteiger partial charge >= 0.3 is 0 Å². The Kier molecular flexibility index (Phi) is 6.64. The van der Waals surface area contributed by atoms with E-state index in [9.17, 15) is 5.11 Å². The lowest BCUT2D eigenvalue weighted by Gasteiger charge is -2.21. The molecule has 0 fully saturated rings. The quantitative estimate of drug-likeness (QED) is 0.408. The Bertz CT molecular complexity index is 1110. The van der Waals surface area contributed by atoms with Crippen molar-refractivity contribution in [1.82, 2.24) is 14.9 Å². The second-order valence-corrected chi connectivity index (χ2v) is 7.60. The lowest BCUT2D eigenvalue weighted by Crippen LogP contribution is -2.26. The number of nitrogens with one attached hydrogen (secondary N) is 1. The molecule has 0 aliphatic carbocycles. The second kappa shape index (κ2) is 9.76. The van der Waals surface area contributed by atoms with Crippen LogP contribution in [-0.2, 0) is 19.7 Å². The molecule has 2 N–H and O–H groups in total. The van der Waals surface area contributed by atoms with Crippen molar-refractivity contribution >= 4 is 22.5 Å². The van der Waals surface area contributed by atoms with E-state index >= 15 is 0 Å². The van der Waals surface area contributed by atoms with E-state index in [1.54, 1.807) is 6.20 Å². The third kappa shape index (κ3) is 5.00. The van der Waals surface area contributed by atoms with Gasteiger partial charge in [0.2, 0.25) is 0 Å². The third-order valence-corrected chi connectivity index (χ3v) is 5.40. The van der Waals surface area contributed by atoms with Crippen LogP contribution < -0.4 is 4.74 Å². The van der Waals surface area contributed by atoms with E-state index in [-0.39, 0.29) is 6.61 Å². The monoisotopic (exact) mass is 421 g/mol. The fraction of sp³-hybridized carbons (Fsp3) is 0.208. The molecular formula is C24H24ClN3O2. The average molecular weight is 422 g/mol. The van der Waals surface area contributed by atoms with Gasteiger partial charge in [-0.3, -0.25) is 9.88 Å². The Morgan fingerprint density at radius 2 is 1.93 bits per heavy atom. The number of aliphatic hydroxyl groups excluding tert-OH is 1. The van der Waals surface area contributed by atoms with Gasteiger partial charge in [-0.25, -0.2) is 0 Å². The lowest BCUT2D eigenvalue weighted by molar-refractivity contribution is 0.184. The van der Waals surface area contributed by atoms with Crippen LogP contribution >= 0.6 is 11.6 Å². The van der Waals surface area contributed by atoms with Crippen LogP contribution in [0.15, 0.2) is 73.2 Å². The summed E-state index contributed by atoms with van der Waals surface area (Å²) in [5.41, 5.74) is 4.29. The number of fused-ring (bicyclic) bond motifs is 1. The van der Waals surface area contributed by atoms with E-state index in [1.807, 2.05) is 60.9 Å². The number of hydrogen-bond donors (Lipinski definition) is 2. The van der Waals surface area contributed by atoms with Gasteiger partial charge < -0.3 is 14.8 Å². The van der Waals surface area contributed by atoms with Crippen molar-refractivity contribution in [2.75, 3.05) is 13.2 Å². The molecule has 6 heteroatoms. The highest BCUT2D eigenvalue weighted by Gasteiger charge is 2.11. The molecule has 2 aromatic heterocycles. The van der Waals surface area contributed by atoms with E-state index in [4.69, 9.17) is 16.3 Å². The molecule has 5 nitrogen and oxygen atoms in total. The van der Waals surface area contributed by atoms with Gasteiger partial charge in [0.25, 0.3) is 0 Å². The summed E-state index contributed by atoms with van der Waals surface area (Å²) in [6.07, 6.45) is 5.64. The Hall–Kier alpha value is -2.86. The number of halogens is 1. The molecule has 0 aliphatic rings. The minimum atomic E-state index is 0.104. The number of H-pyrrole nitrogens is 1. The van der Waals surface area contributed by atoms with Crippen molar-refractivity contribution in [2.24, 2.45) is 0 Å². The van der Waals surface area contributed by atoms with Gasteiger partial charge in [-0.2, -0.15) is 0 Å². The van der Waals surface area contributed by atoms with Crippen molar-refractivity contribution < 1.29 is 9.84 Å². The first-order valence-electron chi connectivity index (χ1n) is 9.91. The van der Waals surface area contributed by atoms with Crippen LogP contribution in [0, 0.1) is 0 Å². The molecule has 30 heavy (non-hydrogen) atoms. The molecule has 0 saturated carbocycles. The van der Waals surface area contributed by atoms with Crippen LogP contribution in [0.2, 0.25) is 5.02 Å². The molecule has 0 unspecified atom stereocenters. The minimum Gasteiger partial charge on any atom is -0.489 e. The van der Waals surface area contributed by atoms with Crippen molar-refractivity contribution in [3.63, 3.8) is 0 Å². The molecule has 0 radical (unpaired) electrons. The zero-order valence-electron chi connectivity index (χ0n) is 16.6. The number of ether oxygens (including phenoxy) is 1. The number of pyridine rings is 1. The molecule has 0 spiro atoms. The lowest BCUT2D eigenvalue weighted by atomic mass is 10.1. The summed E-state index contributed by atoms with van der Waals surface area (Å²) in [7, 11) is 0. The molecule has 2 aromatic carbocycles.